The second kappa shape index (κ2) is 11.5. The number of benzene rings is 3. The second-order valence-electron chi connectivity index (χ2n) is 7.53. The first-order chi connectivity index (χ1) is 16.0. The lowest BCUT2D eigenvalue weighted by molar-refractivity contribution is -0.113. The highest BCUT2D eigenvalue weighted by molar-refractivity contribution is 7.93. The topological polar surface area (TPSA) is 63.7 Å². The lowest BCUT2D eigenvalue weighted by atomic mass is 10.1. The Morgan fingerprint density at radius 1 is 0.909 bits per heavy atom. The van der Waals surface area contributed by atoms with E-state index in [9.17, 15) is 13.2 Å². The molecule has 0 aromatic heterocycles. The molecule has 0 N–H and O–H groups in total. The number of ether oxygens (including phenoxy) is 1. The normalized spacial score (nSPS) is 11.5. The standard InChI is InChI=1S/C27H29NO4S/c1-3-5-9-22-12-17-24(18-13-22)28(33(30,31)26-10-7-6-8-11-26)27(29)21-16-23-14-19-25(20-15-23)32-4-2/h6-8,10-21H,3-5,9H2,1-2H3/b21-16+. The zero-order chi connectivity index (χ0) is 23.7. The van der Waals surface area contributed by atoms with E-state index in [0.717, 1.165) is 40.4 Å². The van der Waals surface area contributed by atoms with Gasteiger partial charge in [-0.15, -0.1) is 0 Å². The van der Waals surface area contributed by atoms with Gasteiger partial charge < -0.3 is 4.74 Å². The molecule has 0 unspecified atom stereocenters. The van der Waals surface area contributed by atoms with Crippen LogP contribution in [0.15, 0.2) is 89.8 Å². The predicted molar refractivity (Wildman–Crippen MR) is 133 cm³/mol. The summed E-state index contributed by atoms with van der Waals surface area (Å²) in [4.78, 5) is 13.3. The van der Waals surface area contributed by atoms with Crippen LogP contribution in [-0.2, 0) is 21.2 Å². The van der Waals surface area contributed by atoms with Crippen molar-refractivity contribution in [3.8, 4) is 5.75 Å². The molecule has 6 heteroatoms. The van der Waals surface area contributed by atoms with E-state index in [-0.39, 0.29) is 4.90 Å². The Balaban J connectivity index is 1.93. The molecular weight excluding hydrogens is 434 g/mol. The molecular formula is C27H29NO4S. The molecule has 3 rings (SSSR count). The summed E-state index contributed by atoms with van der Waals surface area (Å²) < 4.78 is 33.1. The number of rotatable bonds is 10. The van der Waals surface area contributed by atoms with Crippen molar-refractivity contribution in [3.63, 3.8) is 0 Å². The maximum absolute atomic E-state index is 13.4. The van der Waals surface area contributed by atoms with E-state index in [1.165, 1.54) is 18.2 Å². The van der Waals surface area contributed by atoms with Crippen molar-refractivity contribution < 1.29 is 17.9 Å². The summed E-state index contributed by atoms with van der Waals surface area (Å²) in [6.45, 7) is 4.60. The number of nitrogens with zero attached hydrogens (tertiary/aromatic N) is 1. The Hall–Kier alpha value is -3.38. The number of amides is 1. The highest BCUT2D eigenvalue weighted by atomic mass is 32.2. The molecule has 0 aliphatic carbocycles. The summed E-state index contributed by atoms with van der Waals surface area (Å²) in [6.07, 6.45) is 5.91. The van der Waals surface area contributed by atoms with Crippen LogP contribution in [0.5, 0.6) is 5.75 Å². The number of anilines is 1. The van der Waals surface area contributed by atoms with Gasteiger partial charge in [-0.3, -0.25) is 4.79 Å². The molecule has 0 heterocycles. The molecule has 0 radical (unpaired) electrons. The van der Waals surface area contributed by atoms with E-state index in [4.69, 9.17) is 4.74 Å². The lowest BCUT2D eigenvalue weighted by Crippen LogP contribution is -2.35. The summed E-state index contributed by atoms with van der Waals surface area (Å²) in [7, 11) is -4.09. The van der Waals surface area contributed by atoms with Gasteiger partial charge in [0.25, 0.3) is 15.9 Å². The fraction of sp³-hybridized carbons (Fsp3) is 0.222. The molecule has 0 aliphatic rings. The number of aryl methyl sites for hydroxylation is 1. The van der Waals surface area contributed by atoms with Crippen molar-refractivity contribution in [1.29, 1.82) is 0 Å². The molecule has 33 heavy (non-hydrogen) atoms. The number of hydrogen-bond acceptors (Lipinski definition) is 4. The van der Waals surface area contributed by atoms with Crippen LogP contribution in [0.4, 0.5) is 5.69 Å². The average molecular weight is 464 g/mol. The quantitative estimate of drug-likeness (QED) is 0.353. The van der Waals surface area contributed by atoms with Crippen molar-refractivity contribution in [1.82, 2.24) is 0 Å². The van der Waals surface area contributed by atoms with E-state index in [1.807, 2.05) is 31.2 Å². The number of carbonyl (C=O) groups is 1. The van der Waals surface area contributed by atoms with Crippen LogP contribution in [0.1, 0.15) is 37.8 Å². The van der Waals surface area contributed by atoms with E-state index >= 15 is 0 Å². The Labute approximate surface area is 196 Å². The Morgan fingerprint density at radius 3 is 2.18 bits per heavy atom. The van der Waals surface area contributed by atoms with Gasteiger partial charge in [-0.2, -0.15) is 4.31 Å². The third-order valence-corrected chi connectivity index (χ3v) is 6.82. The first kappa shape index (κ1) is 24.3. The Kier molecular flexibility index (Phi) is 8.44. The molecule has 5 nitrogen and oxygen atoms in total. The predicted octanol–water partition coefficient (Wildman–Crippen LogP) is 5.86. The number of carbonyl (C=O) groups excluding carboxylic acids is 1. The van der Waals surface area contributed by atoms with Gasteiger partial charge in [0, 0.05) is 6.08 Å². The van der Waals surface area contributed by atoms with Crippen LogP contribution in [0, 0.1) is 0 Å². The zero-order valence-electron chi connectivity index (χ0n) is 19.0. The Bertz CT molecular complexity index is 1170. The maximum atomic E-state index is 13.4. The molecule has 0 saturated heterocycles. The first-order valence-electron chi connectivity index (χ1n) is 11.1. The third-order valence-electron chi connectivity index (χ3n) is 5.08. The van der Waals surface area contributed by atoms with E-state index in [2.05, 4.69) is 6.92 Å². The van der Waals surface area contributed by atoms with Gasteiger partial charge in [0.2, 0.25) is 0 Å². The second-order valence-corrected chi connectivity index (χ2v) is 9.31. The highest BCUT2D eigenvalue weighted by Gasteiger charge is 2.29. The zero-order valence-corrected chi connectivity index (χ0v) is 19.8. The van der Waals surface area contributed by atoms with Gasteiger partial charge in [-0.1, -0.05) is 55.8 Å². The van der Waals surface area contributed by atoms with E-state index in [0.29, 0.717) is 12.3 Å². The fourth-order valence-corrected chi connectivity index (χ4v) is 4.75. The molecule has 0 atom stereocenters. The van der Waals surface area contributed by atoms with E-state index in [1.54, 1.807) is 48.5 Å². The van der Waals surface area contributed by atoms with Gasteiger partial charge in [0.1, 0.15) is 5.75 Å². The summed E-state index contributed by atoms with van der Waals surface area (Å²) in [5.41, 5.74) is 2.18. The first-order valence-corrected chi connectivity index (χ1v) is 12.5. The molecule has 3 aromatic carbocycles. The van der Waals surface area contributed by atoms with E-state index < -0.39 is 15.9 Å². The van der Waals surface area contributed by atoms with Crippen molar-refractivity contribution in [2.75, 3.05) is 10.9 Å². The molecule has 0 bridgehead atoms. The monoisotopic (exact) mass is 463 g/mol. The van der Waals surface area contributed by atoms with Crippen molar-refractivity contribution in [3.05, 3.63) is 96.1 Å². The van der Waals surface area contributed by atoms with Crippen molar-refractivity contribution in [2.24, 2.45) is 0 Å². The maximum Gasteiger partial charge on any atom is 0.271 e. The lowest BCUT2D eigenvalue weighted by Gasteiger charge is -2.21. The molecule has 0 fully saturated rings. The van der Waals surface area contributed by atoms with Crippen molar-refractivity contribution in [2.45, 2.75) is 38.0 Å². The third kappa shape index (κ3) is 6.33. The minimum Gasteiger partial charge on any atom is -0.494 e. The molecule has 1 amide bonds. The largest absolute Gasteiger partial charge is 0.494 e. The Morgan fingerprint density at radius 2 is 1.58 bits per heavy atom. The SMILES string of the molecule is CCCCc1ccc(N(C(=O)/C=C/c2ccc(OCC)cc2)S(=O)(=O)c2ccccc2)cc1. The molecule has 0 aliphatic heterocycles. The number of unbranched alkanes of at least 4 members (excludes halogenated alkanes) is 1. The number of hydrogen-bond donors (Lipinski definition) is 0. The summed E-state index contributed by atoms with van der Waals surface area (Å²) in [5.74, 6) is 0.0893. The highest BCUT2D eigenvalue weighted by Crippen LogP contribution is 2.25. The van der Waals surface area contributed by atoms with Gasteiger partial charge in [-0.25, -0.2) is 8.42 Å². The van der Waals surface area contributed by atoms with Gasteiger partial charge >= 0.3 is 0 Å². The molecule has 172 valence electrons. The van der Waals surface area contributed by atoms with Crippen LogP contribution >= 0.6 is 0 Å². The van der Waals surface area contributed by atoms with Gasteiger partial charge in [0.05, 0.1) is 17.2 Å². The summed E-state index contributed by atoms with van der Waals surface area (Å²) in [5, 5.41) is 0. The summed E-state index contributed by atoms with van der Waals surface area (Å²) >= 11 is 0. The molecule has 0 saturated carbocycles. The summed E-state index contributed by atoms with van der Waals surface area (Å²) in [6, 6.07) is 22.4. The number of sulfonamides is 1. The van der Waals surface area contributed by atoms with Crippen LogP contribution in [0.3, 0.4) is 0 Å². The van der Waals surface area contributed by atoms with Crippen LogP contribution in [0.25, 0.3) is 6.08 Å². The van der Waals surface area contributed by atoms with Crippen LogP contribution in [-0.4, -0.2) is 20.9 Å². The van der Waals surface area contributed by atoms with Crippen LogP contribution < -0.4 is 9.04 Å². The minimum atomic E-state index is -4.09. The minimum absolute atomic E-state index is 0.0582. The molecule has 0 spiro atoms. The molecule has 3 aromatic rings. The average Bonchev–Trinajstić information content (AvgIpc) is 2.84. The van der Waals surface area contributed by atoms with Gasteiger partial charge in [-0.05, 0) is 73.4 Å². The van der Waals surface area contributed by atoms with Gasteiger partial charge in [0.15, 0.2) is 0 Å². The van der Waals surface area contributed by atoms with Crippen molar-refractivity contribution >= 4 is 27.7 Å². The smallest absolute Gasteiger partial charge is 0.271 e. The van der Waals surface area contributed by atoms with Crippen LogP contribution in [0.2, 0.25) is 0 Å². The fourth-order valence-electron chi connectivity index (χ4n) is 3.34.